The van der Waals surface area contributed by atoms with E-state index in [9.17, 15) is 0 Å². The van der Waals surface area contributed by atoms with Crippen LogP contribution in [0.5, 0.6) is 0 Å². The van der Waals surface area contributed by atoms with Gasteiger partial charge in [0.1, 0.15) is 6.04 Å². The number of nitrogens with zero attached hydrogens (tertiary/aromatic N) is 7. The third-order valence-electron chi connectivity index (χ3n) is 2.90. The molecule has 0 spiro atoms. The van der Waals surface area contributed by atoms with E-state index in [1.807, 2.05) is 0 Å². The largest absolute Gasteiger partial charge is 0.198 e. The zero-order chi connectivity index (χ0) is 11.0. The number of hydrogen-bond acceptors (Lipinski definition) is 5. The van der Waals surface area contributed by atoms with Crippen LogP contribution >= 0.6 is 0 Å². The minimum absolute atomic E-state index is 0.0626. The quantitative estimate of drug-likeness (QED) is 0.714. The van der Waals surface area contributed by atoms with Crippen molar-refractivity contribution in [1.82, 2.24) is 30.0 Å². The molecule has 1 aliphatic rings. The van der Waals surface area contributed by atoms with Crippen LogP contribution in [0.3, 0.4) is 0 Å². The zero-order valence-electron chi connectivity index (χ0n) is 8.38. The first-order valence-corrected chi connectivity index (χ1v) is 5.01. The summed E-state index contributed by atoms with van der Waals surface area (Å²) >= 11 is 0. The second kappa shape index (κ2) is 3.41. The van der Waals surface area contributed by atoms with Gasteiger partial charge in [-0.05, 0) is 6.42 Å². The van der Waals surface area contributed by atoms with Gasteiger partial charge in [-0.1, -0.05) is 0 Å². The number of hydrogen-bond donors (Lipinski definition) is 0. The van der Waals surface area contributed by atoms with E-state index in [0.29, 0.717) is 0 Å². The van der Waals surface area contributed by atoms with Crippen LogP contribution in [-0.4, -0.2) is 30.0 Å². The van der Waals surface area contributed by atoms with E-state index in [4.69, 9.17) is 5.26 Å². The molecule has 1 fully saturated rings. The summed E-state index contributed by atoms with van der Waals surface area (Å²) in [6, 6.07) is 2.28. The fourth-order valence-corrected chi connectivity index (χ4v) is 2.06. The Hall–Kier alpha value is -2.23. The Balaban J connectivity index is 1.91. The van der Waals surface area contributed by atoms with Crippen LogP contribution in [0, 0.1) is 17.2 Å². The highest BCUT2D eigenvalue weighted by molar-refractivity contribution is 5.04. The molecule has 2 heterocycles. The Bertz CT molecular complexity index is 494. The molecule has 0 aromatic carbocycles. The van der Waals surface area contributed by atoms with Crippen LogP contribution in [0.15, 0.2) is 24.8 Å². The van der Waals surface area contributed by atoms with Gasteiger partial charge in [-0.2, -0.15) is 35.2 Å². The first-order chi connectivity index (χ1) is 7.90. The van der Waals surface area contributed by atoms with Crippen LogP contribution < -0.4 is 0 Å². The summed E-state index contributed by atoms with van der Waals surface area (Å²) in [6.07, 6.45) is 7.23. The standard InChI is InChI=1S/C9H9N7/c10-6-7-5-8(15-11-1-2-12-15)9(7)16-13-3-4-14-16/h1-4,7-9H,5H2. The molecule has 1 saturated carbocycles. The van der Waals surface area contributed by atoms with Crippen molar-refractivity contribution in [2.45, 2.75) is 18.5 Å². The van der Waals surface area contributed by atoms with Gasteiger partial charge in [0.2, 0.25) is 0 Å². The fraction of sp³-hybridized carbons (Fsp3) is 0.444. The highest BCUT2D eigenvalue weighted by Gasteiger charge is 2.46. The summed E-state index contributed by atoms with van der Waals surface area (Å²) in [5.41, 5.74) is 0. The zero-order valence-corrected chi connectivity index (χ0v) is 8.38. The van der Waals surface area contributed by atoms with E-state index in [1.54, 1.807) is 34.4 Å². The molecule has 2 aromatic rings. The summed E-state index contributed by atoms with van der Waals surface area (Å²) in [5.74, 6) is -0.0663. The lowest BCUT2D eigenvalue weighted by Crippen LogP contribution is -2.41. The highest BCUT2D eigenvalue weighted by Crippen LogP contribution is 2.45. The molecule has 3 rings (SSSR count). The monoisotopic (exact) mass is 215 g/mol. The molecule has 0 bridgehead atoms. The van der Waals surface area contributed by atoms with Gasteiger partial charge in [0.05, 0.1) is 42.8 Å². The lowest BCUT2D eigenvalue weighted by molar-refractivity contribution is 0.0819. The van der Waals surface area contributed by atoms with Crippen molar-refractivity contribution in [1.29, 1.82) is 5.26 Å². The van der Waals surface area contributed by atoms with E-state index in [1.165, 1.54) is 0 Å². The first-order valence-electron chi connectivity index (χ1n) is 5.01. The minimum Gasteiger partial charge on any atom is -0.198 e. The molecule has 0 N–H and O–H groups in total. The maximum Gasteiger partial charge on any atom is 0.112 e. The number of aromatic nitrogens is 6. The minimum atomic E-state index is -0.0663. The Morgan fingerprint density at radius 2 is 1.56 bits per heavy atom. The van der Waals surface area contributed by atoms with Crippen molar-refractivity contribution in [2.24, 2.45) is 5.92 Å². The molecule has 0 amide bonds. The molecule has 2 aromatic heterocycles. The molecule has 7 heteroatoms. The second-order valence-electron chi connectivity index (χ2n) is 3.73. The van der Waals surface area contributed by atoms with Gasteiger partial charge >= 0.3 is 0 Å². The molecule has 0 aliphatic heterocycles. The average Bonchev–Trinajstić information content (AvgIpc) is 2.88. The third kappa shape index (κ3) is 1.20. The Kier molecular flexibility index (Phi) is 1.93. The predicted molar refractivity (Wildman–Crippen MR) is 51.8 cm³/mol. The van der Waals surface area contributed by atoms with Gasteiger partial charge in [-0.25, -0.2) is 0 Å². The summed E-state index contributed by atoms with van der Waals surface area (Å²) < 4.78 is 0. The third-order valence-corrected chi connectivity index (χ3v) is 2.90. The molecule has 3 unspecified atom stereocenters. The normalized spacial score (nSPS) is 28.3. The predicted octanol–water partition coefficient (Wildman–Crippen LogP) is 0.195. The molecule has 1 aliphatic carbocycles. The van der Waals surface area contributed by atoms with E-state index < -0.39 is 0 Å². The topological polar surface area (TPSA) is 85.2 Å². The maximum atomic E-state index is 9.00. The van der Waals surface area contributed by atoms with E-state index in [-0.39, 0.29) is 18.0 Å². The maximum absolute atomic E-state index is 9.00. The molecular formula is C9H9N7. The highest BCUT2D eigenvalue weighted by atomic mass is 15.5. The molecule has 0 radical (unpaired) electrons. The molecule has 16 heavy (non-hydrogen) atoms. The van der Waals surface area contributed by atoms with E-state index >= 15 is 0 Å². The second-order valence-corrected chi connectivity index (χ2v) is 3.73. The fourth-order valence-electron chi connectivity index (χ4n) is 2.06. The summed E-state index contributed by atoms with van der Waals surface area (Å²) in [7, 11) is 0. The van der Waals surface area contributed by atoms with Crippen LogP contribution in [0.25, 0.3) is 0 Å². The summed E-state index contributed by atoms with van der Waals surface area (Å²) in [6.45, 7) is 0. The van der Waals surface area contributed by atoms with Gasteiger partial charge < -0.3 is 0 Å². The number of nitriles is 1. The van der Waals surface area contributed by atoms with Gasteiger partial charge in [-0.3, -0.25) is 0 Å². The lowest BCUT2D eigenvalue weighted by Gasteiger charge is -2.38. The van der Waals surface area contributed by atoms with Crippen LogP contribution in [0.2, 0.25) is 0 Å². The molecule has 3 atom stereocenters. The van der Waals surface area contributed by atoms with E-state index in [2.05, 4.69) is 26.5 Å². The Morgan fingerprint density at radius 3 is 2.12 bits per heavy atom. The van der Waals surface area contributed by atoms with Crippen molar-refractivity contribution in [2.75, 3.05) is 0 Å². The van der Waals surface area contributed by atoms with Crippen molar-refractivity contribution in [3.63, 3.8) is 0 Å². The Morgan fingerprint density at radius 1 is 1.00 bits per heavy atom. The Labute approximate surface area is 91.3 Å². The van der Waals surface area contributed by atoms with Crippen molar-refractivity contribution >= 4 is 0 Å². The van der Waals surface area contributed by atoms with E-state index in [0.717, 1.165) is 6.42 Å². The summed E-state index contributed by atoms with van der Waals surface area (Å²) in [4.78, 5) is 3.20. The average molecular weight is 215 g/mol. The molecule has 7 nitrogen and oxygen atoms in total. The first kappa shape index (κ1) is 9.03. The van der Waals surface area contributed by atoms with Gasteiger partial charge in [-0.15, -0.1) is 0 Å². The van der Waals surface area contributed by atoms with Gasteiger partial charge in [0.25, 0.3) is 0 Å². The van der Waals surface area contributed by atoms with Crippen molar-refractivity contribution in [3.05, 3.63) is 24.8 Å². The summed E-state index contributed by atoms with van der Waals surface area (Å²) in [5, 5.41) is 25.4. The molecule has 0 saturated heterocycles. The van der Waals surface area contributed by atoms with Gasteiger partial charge in [0.15, 0.2) is 0 Å². The van der Waals surface area contributed by atoms with Crippen molar-refractivity contribution < 1.29 is 0 Å². The van der Waals surface area contributed by atoms with Crippen LogP contribution in [0.4, 0.5) is 0 Å². The lowest BCUT2D eigenvalue weighted by atomic mass is 9.76. The van der Waals surface area contributed by atoms with Crippen molar-refractivity contribution in [3.8, 4) is 6.07 Å². The SMILES string of the molecule is N#CC1CC(n2nccn2)C1n1nccn1. The van der Waals surface area contributed by atoms with Crippen LogP contribution in [-0.2, 0) is 0 Å². The number of rotatable bonds is 2. The van der Waals surface area contributed by atoms with Gasteiger partial charge in [0, 0.05) is 0 Å². The molecular weight excluding hydrogens is 206 g/mol. The smallest absolute Gasteiger partial charge is 0.112 e. The molecule has 80 valence electrons. The van der Waals surface area contributed by atoms with Crippen LogP contribution in [0.1, 0.15) is 18.5 Å².